The first-order chi connectivity index (χ1) is 19.4. The molecule has 7 nitrogen and oxygen atoms in total. The molecule has 1 unspecified atom stereocenters. The van der Waals surface area contributed by atoms with Gasteiger partial charge in [-0.25, -0.2) is 0 Å². The molecule has 1 fully saturated rings. The number of anilines is 1. The van der Waals surface area contributed by atoms with Crippen LogP contribution in [0.3, 0.4) is 0 Å². The van der Waals surface area contributed by atoms with Gasteiger partial charge in [-0.1, -0.05) is 48.5 Å². The summed E-state index contributed by atoms with van der Waals surface area (Å²) in [5.41, 5.74) is 7.98. The molecule has 0 aliphatic carbocycles. The predicted octanol–water partition coefficient (Wildman–Crippen LogP) is 4.26. The Balaban J connectivity index is 1.24. The van der Waals surface area contributed by atoms with Crippen molar-refractivity contribution in [1.82, 2.24) is 20.5 Å². The minimum atomic E-state index is -0.676. The second-order valence-electron chi connectivity index (χ2n) is 10.9. The molecule has 0 radical (unpaired) electrons. The summed E-state index contributed by atoms with van der Waals surface area (Å²) in [5, 5.41) is 7.21. The van der Waals surface area contributed by atoms with Crippen LogP contribution in [0.15, 0.2) is 72.9 Å². The van der Waals surface area contributed by atoms with E-state index in [9.17, 15) is 9.59 Å². The molecule has 2 heterocycles. The first-order valence-electron chi connectivity index (χ1n) is 14.1. The molecule has 2 amide bonds. The number of piperazine rings is 1. The lowest BCUT2D eigenvalue weighted by molar-refractivity contribution is -0.129. The maximum absolute atomic E-state index is 13.5. The number of hydrogen-bond acceptors (Lipinski definition) is 4. The zero-order valence-electron chi connectivity index (χ0n) is 23.7. The van der Waals surface area contributed by atoms with E-state index in [1.165, 1.54) is 22.4 Å². The Morgan fingerprint density at radius 3 is 2.30 bits per heavy atom. The van der Waals surface area contributed by atoms with Gasteiger partial charge in [-0.15, -0.1) is 0 Å². The van der Waals surface area contributed by atoms with Crippen LogP contribution in [0.4, 0.5) is 5.69 Å². The van der Waals surface area contributed by atoms with Crippen molar-refractivity contribution in [2.24, 2.45) is 0 Å². The van der Waals surface area contributed by atoms with Gasteiger partial charge < -0.3 is 20.5 Å². The van der Waals surface area contributed by atoms with Gasteiger partial charge in [-0.05, 0) is 66.8 Å². The molecule has 0 saturated carbocycles. The number of rotatable bonds is 9. The number of H-pyrrole nitrogens is 1. The number of hydrogen-bond donors (Lipinski definition) is 3. The van der Waals surface area contributed by atoms with Crippen LogP contribution in [0, 0.1) is 20.8 Å². The van der Waals surface area contributed by atoms with Crippen LogP contribution < -0.4 is 15.5 Å². The third kappa shape index (κ3) is 6.54. The molecule has 40 heavy (non-hydrogen) atoms. The molecule has 5 rings (SSSR count). The van der Waals surface area contributed by atoms with Crippen molar-refractivity contribution in [3.63, 3.8) is 0 Å². The number of benzene rings is 3. The molecular weight excluding hydrogens is 498 g/mol. The Morgan fingerprint density at radius 2 is 1.57 bits per heavy atom. The average molecular weight is 538 g/mol. The fourth-order valence-electron chi connectivity index (χ4n) is 5.52. The lowest BCUT2D eigenvalue weighted by atomic mass is 10.0. The molecule has 0 bridgehead atoms. The molecule has 7 heteroatoms. The fraction of sp³-hybridized carbons (Fsp3) is 0.333. The number of carbonyl (C=O) groups excluding carboxylic acids is 2. The number of nitrogens with zero attached hydrogens (tertiary/aromatic N) is 2. The highest BCUT2D eigenvalue weighted by Gasteiger charge is 2.25. The molecule has 1 atom stereocenters. The van der Waals surface area contributed by atoms with E-state index in [1.807, 2.05) is 36.5 Å². The molecule has 1 aromatic heterocycles. The van der Waals surface area contributed by atoms with Crippen LogP contribution in [-0.4, -0.2) is 60.5 Å². The third-order valence-electron chi connectivity index (χ3n) is 8.07. The van der Waals surface area contributed by atoms with Crippen molar-refractivity contribution >= 4 is 28.4 Å². The predicted molar refractivity (Wildman–Crippen MR) is 162 cm³/mol. The van der Waals surface area contributed by atoms with Crippen LogP contribution in [0.5, 0.6) is 0 Å². The number of fused-ring (bicyclic) bond motifs is 1. The number of nitrogens with one attached hydrogen (secondary N) is 3. The molecule has 1 saturated heterocycles. The highest BCUT2D eigenvalue weighted by molar-refractivity contribution is 5.90. The first kappa shape index (κ1) is 27.5. The largest absolute Gasteiger partial charge is 0.369 e. The second kappa shape index (κ2) is 12.4. The van der Waals surface area contributed by atoms with Gasteiger partial charge in [0.25, 0.3) is 0 Å². The highest BCUT2D eigenvalue weighted by atomic mass is 16.2. The minimum absolute atomic E-state index is 0.129. The summed E-state index contributed by atoms with van der Waals surface area (Å²) in [4.78, 5) is 34.5. The quantitative estimate of drug-likeness (QED) is 0.298. The number of aromatic amines is 1. The summed E-state index contributed by atoms with van der Waals surface area (Å²) in [6, 6.07) is 22.0. The van der Waals surface area contributed by atoms with E-state index in [2.05, 4.69) is 82.6 Å². The van der Waals surface area contributed by atoms with Crippen molar-refractivity contribution in [2.45, 2.75) is 39.8 Å². The van der Waals surface area contributed by atoms with Gasteiger partial charge in [-0.3, -0.25) is 14.5 Å². The van der Waals surface area contributed by atoms with Gasteiger partial charge >= 0.3 is 0 Å². The van der Waals surface area contributed by atoms with E-state index in [0.717, 1.165) is 48.2 Å². The lowest BCUT2D eigenvalue weighted by Gasteiger charge is -2.35. The maximum Gasteiger partial charge on any atom is 0.243 e. The van der Waals surface area contributed by atoms with Crippen LogP contribution in [0.25, 0.3) is 10.9 Å². The Labute approximate surface area is 236 Å². The molecule has 1 aliphatic heterocycles. The molecule has 3 aromatic carbocycles. The van der Waals surface area contributed by atoms with Crippen LogP contribution in [0.2, 0.25) is 0 Å². The van der Waals surface area contributed by atoms with Crippen molar-refractivity contribution in [2.75, 3.05) is 37.6 Å². The van der Waals surface area contributed by atoms with E-state index < -0.39 is 6.04 Å². The van der Waals surface area contributed by atoms with E-state index in [4.69, 9.17) is 0 Å². The summed E-state index contributed by atoms with van der Waals surface area (Å²) < 4.78 is 0. The molecule has 208 valence electrons. The van der Waals surface area contributed by atoms with Crippen molar-refractivity contribution in [1.29, 1.82) is 0 Å². The van der Waals surface area contributed by atoms with Crippen LogP contribution >= 0.6 is 0 Å². The standard InChI is InChI=1S/C33H39N5O2/c1-23-17-26(18-24(2)25(23)3)20-35-33(40)31(19-27-21-34-30-12-8-7-11-29(27)30)36-32(39)22-37-13-15-38(16-14-37)28-9-5-4-6-10-28/h4-12,17-18,21,31,34H,13-16,19-20,22H2,1-3H3,(H,35,40)(H,36,39). The smallest absolute Gasteiger partial charge is 0.243 e. The molecule has 0 spiro atoms. The first-order valence-corrected chi connectivity index (χ1v) is 14.1. The Hall–Kier alpha value is -4.10. The number of carbonyl (C=O) groups is 2. The zero-order chi connectivity index (χ0) is 28.1. The van der Waals surface area contributed by atoms with Crippen LogP contribution in [-0.2, 0) is 22.6 Å². The molecule has 4 aromatic rings. The Morgan fingerprint density at radius 1 is 0.900 bits per heavy atom. The number of aromatic nitrogens is 1. The summed E-state index contributed by atoms with van der Waals surface area (Å²) in [6.45, 7) is 10.3. The van der Waals surface area contributed by atoms with E-state index in [1.54, 1.807) is 0 Å². The number of amides is 2. The highest BCUT2D eigenvalue weighted by Crippen LogP contribution is 2.20. The second-order valence-corrected chi connectivity index (χ2v) is 10.9. The SMILES string of the molecule is Cc1cc(CNC(=O)C(Cc2c[nH]c3ccccc23)NC(=O)CN2CCN(c3ccccc3)CC2)cc(C)c1C. The van der Waals surface area contributed by atoms with Gasteiger partial charge in [0.05, 0.1) is 6.54 Å². The summed E-state index contributed by atoms with van der Waals surface area (Å²) in [6.07, 6.45) is 2.35. The van der Waals surface area contributed by atoms with Crippen LogP contribution in [0.1, 0.15) is 27.8 Å². The van der Waals surface area contributed by atoms with E-state index >= 15 is 0 Å². The summed E-state index contributed by atoms with van der Waals surface area (Å²) in [5.74, 6) is -0.307. The van der Waals surface area contributed by atoms with Gasteiger partial charge in [0.1, 0.15) is 6.04 Å². The average Bonchev–Trinajstić information content (AvgIpc) is 3.37. The Bertz CT molecular complexity index is 1450. The number of aryl methyl sites for hydroxylation is 2. The normalized spacial score (nSPS) is 14.7. The maximum atomic E-state index is 13.5. The Kier molecular flexibility index (Phi) is 8.51. The van der Waals surface area contributed by atoms with Gasteiger partial charge in [0, 0.05) is 61.9 Å². The minimum Gasteiger partial charge on any atom is -0.369 e. The molecule has 1 aliphatic rings. The topological polar surface area (TPSA) is 80.5 Å². The summed E-state index contributed by atoms with van der Waals surface area (Å²) in [7, 11) is 0. The lowest BCUT2D eigenvalue weighted by Crippen LogP contribution is -2.53. The van der Waals surface area contributed by atoms with Crippen molar-refractivity contribution in [3.8, 4) is 0 Å². The molecular formula is C33H39N5O2. The van der Waals surface area contributed by atoms with Gasteiger partial charge in [0.2, 0.25) is 11.8 Å². The van der Waals surface area contributed by atoms with Gasteiger partial charge in [-0.2, -0.15) is 0 Å². The third-order valence-corrected chi connectivity index (χ3v) is 8.07. The van der Waals surface area contributed by atoms with E-state index in [-0.39, 0.29) is 18.4 Å². The number of para-hydroxylation sites is 2. The van der Waals surface area contributed by atoms with Gasteiger partial charge in [0.15, 0.2) is 0 Å². The fourth-order valence-corrected chi connectivity index (χ4v) is 5.52. The van der Waals surface area contributed by atoms with Crippen molar-refractivity contribution in [3.05, 3.63) is 101 Å². The van der Waals surface area contributed by atoms with Crippen molar-refractivity contribution < 1.29 is 9.59 Å². The zero-order valence-corrected chi connectivity index (χ0v) is 23.7. The van der Waals surface area contributed by atoms with E-state index in [0.29, 0.717) is 13.0 Å². The monoisotopic (exact) mass is 537 g/mol. The summed E-state index contributed by atoms with van der Waals surface area (Å²) >= 11 is 0. The molecule has 3 N–H and O–H groups in total.